The molecule has 1 aromatic rings. The lowest BCUT2D eigenvalue weighted by atomic mass is 9.83. The van der Waals surface area contributed by atoms with Gasteiger partial charge in [-0.3, -0.25) is 0 Å². The van der Waals surface area contributed by atoms with Crippen molar-refractivity contribution >= 4 is 0 Å². The van der Waals surface area contributed by atoms with Crippen LogP contribution in [-0.4, -0.2) is 56.3 Å². The fourth-order valence-electron chi connectivity index (χ4n) is 5.01. The molecule has 0 saturated carbocycles. The number of aliphatic hydroxyl groups excluding tert-OH is 1. The SMILES string of the molecule is CCCc1cc2c(c(OC)c1C(CC(O)CC1CCOC(C)(C)C1)N(C)C)OCO2. The minimum atomic E-state index is -0.388. The standard InChI is InChI=1S/C24H39NO5/c1-7-8-17-12-20-22(29-15-28-20)23(27-6)21(17)19(25(4)5)13-18(26)11-16-9-10-30-24(2,3)14-16/h12,16,18-19,26H,7-11,13-15H2,1-6H3. The predicted octanol–water partition coefficient (Wildman–Crippen LogP) is 4.33. The first-order chi connectivity index (χ1) is 14.3. The molecule has 0 radical (unpaired) electrons. The van der Waals surface area contributed by atoms with E-state index in [1.165, 1.54) is 5.56 Å². The van der Waals surface area contributed by atoms with Gasteiger partial charge in [0.2, 0.25) is 12.5 Å². The summed E-state index contributed by atoms with van der Waals surface area (Å²) >= 11 is 0. The van der Waals surface area contributed by atoms with Gasteiger partial charge in [-0.25, -0.2) is 0 Å². The predicted molar refractivity (Wildman–Crippen MR) is 118 cm³/mol. The van der Waals surface area contributed by atoms with E-state index < -0.39 is 0 Å². The molecule has 1 aromatic carbocycles. The van der Waals surface area contributed by atoms with Gasteiger partial charge in [-0.2, -0.15) is 0 Å². The van der Waals surface area contributed by atoms with Gasteiger partial charge >= 0.3 is 0 Å². The highest BCUT2D eigenvalue weighted by Gasteiger charge is 2.34. The quantitative estimate of drug-likeness (QED) is 0.641. The van der Waals surface area contributed by atoms with Crippen molar-refractivity contribution in [3.8, 4) is 17.2 Å². The van der Waals surface area contributed by atoms with Crippen LogP contribution in [0.3, 0.4) is 0 Å². The van der Waals surface area contributed by atoms with Crippen molar-refractivity contribution in [1.29, 1.82) is 0 Å². The molecule has 2 heterocycles. The summed E-state index contributed by atoms with van der Waals surface area (Å²) in [5, 5.41) is 11.1. The average molecular weight is 422 g/mol. The number of rotatable bonds is 9. The van der Waals surface area contributed by atoms with Gasteiger partial charge in [0.05, 0.1) is 18.8 Å². The van der Waals surface area contributed by atoms with Crippen LogP contribution in [0.2, 0.25) is 0 Å². The van der Waals surface area contributed by atoms with Crippen LogP contribution in [0.1, 0.15) is 70.0 Å². The van der Waals surface area contributed by atoms with E-state index in [0.29, 0.717) is 18.1 Å². The zero-order chi connectivity index (χ0) is 21.9. The van der Waals surface area contributed by atoms with E-state index in [4.69, 9.17) is 18.9 Å². The Bertz CT molecular complexity index is 718. The Labute approximate surface area is 181 Å². The first-order valence-electron chi connectivity index (χ1n) is 11.2. The molecule has 3 rings (SSSR count). The third-order valence-corrected chi connectivity index (χ3v) is 6.32. The van der Waals surface area contributed by atoms with Crippen LogP contribution in [-0.2, 0) is 11.2 Å². The minimum Gasteiger partial charge on any atom is -0.492 e. The number of ether oxygens (including phenoxy) is 4. The van der Waals surface area contributed by atoms with Crippen LogP contribution in [0.4, 0.5) is 0 Å². The molecule has 3 atom stereocenters. The van der Waals surface area contributed by atoms with Crippen LogP contribution < -0.4 is 14.2 Å². The van der Waals surface area contributed by atoms with Crippen LogP contribution in [0.25, 0.3) is 0 Å². The molecule has 1 fully saturated rings. The number of nitrogens with zero attached hydrogens (tertiary/aromatic N) is 1. The number of hydrogen-bond donors (Lipinski definition) is 1. The molecule has 170 valence electrons. The molecule has 0 aromatic heterocycles. The van der Waals surface area contributed by atoms with Crippen molar-refractivity contribution in [3.63, 3.8) is 0 Å². The van der Waals surface area contributed by atoms with E-state index in [2.05, 4.69) is 45.8 Å². The average Bonchev–Trinajstić information content (AvgIpc) is 3.12. The zero-order valence-electron chi connectivity index (χ0n) is 19.5. The van der Waals surface area contributed by atoms with Crippen LogP contribution in [0, 0.1) is 5.92 Å². The summed E-state index contributed by atoms with van der Waals surface area (Å²) in [5.74, 6) is 2.66. The Morgan fingerprint density at radius 2 is 2.07 bits per heavy atom. The summed E-state index contributed by atoms with van der Waals surface area (Å²) in [4.78, 5) is 2.18. The number of methoxy groups -OCH3 is 1. The largest absolute Gasteiger partial charge is 0.492 e. The molecule has 1 saturated heterocycles. The van der Waals surface area contributed by atoms with Crippen molar-refractivity contribution in [3.05, 3.63) is 17.2 Å². The van der Waals surface area contributed by atoms with Gasteiger partial charge in [-0.1, -0.05) is 13.3 Å². The fourth-order valence-corrected chi connectivity index (χ4v) is 5.01. The van der Waals surface area contributed by atoms with Gasteiger partial charge in [0.25, 0.3) is 0 Å². The summed E-state index contributed by atoms with van der Waals surface area (Å²) in [5.41, 5.74) is 2.22. The molecule has 0 bridgehead atoms. The van der Waals surface area contributed by atoms with Gasteiger partial charge in [-0.05, 0) is 77.6 Å². The molecular weight excluding hydrogens is 382 g/mol. The lowest BCUT2D eigenvalue weighted by molar-refractivity contribution is -0.0797. The Morgan fingerprint density at radius 3 is 2.70 bits per heavy atom. The molecule has 1 N–H and O–H groups in total. The monoisotopic (exact) mass is 421 g/mol. The lowest BCUT2D eigenvalue weighted by Gasteiger charge is -2.37. The van der Waals surface area contributed by atoms with E-state index in [1.54, 1.807) is 7.11 Å². The van der Waals surface area contributed by atoms with Gasteiger partial charge < -0.3 is 29.0 Å². The van der Waals surface area contributed by atoms with Crippen LogP contribution in [0.15, 0.2) is 6.07 Å². The molecule has 0 amide bonds. The van der Waals surface area contributed by atoms with Crippen molar-refractivity contribution < 1.29 is 24.1 Å². The first kappa shape index (κ1) is 23.2. The maximum absolute atomic E-state index is 11.1. The molecule has 6 heteroatoms. The van der Waals surface area contributed by atoms with Crippen molar-refractivity contribution in [2.75, 3.05) is 34.6 Å². The van der Waals surface area contributed by atoms with E-state index in [-0.39, 0.29) is 24.5 Å². The summed E-state index contributed by atoms with van der Waals surface area (Å²) in [6, 6.07) is 2.12. The fraction of sp³-hybridized carbons (Fsp3) is 0.750. The molecule has 30 heavy (non-hydrogen) atoms. The summed E-state index contributed by atoms with van der Waals surface area (Å²) < 4.78 is 23.1. The molecule has 0 spiro atoms. The zero-order valence-corrected chi connectivity index (χ0v) is 19.5. The Morgan fingerprint density at radius 1 is 1.30 bits per heavy atom. The topological polar surface area (TPSA) is 60.4 Å². The highest BCUT2D eigenvalue weighted by molar-refractivity contribution is 5.61. The molecule has 2 aliphatic rings. The summed E-state index contributed by atoms with van der Waals surface area (Å²) in [6.45, 7) is 7.45. The highest BCUT2D eigenvalue weighted by Crippen LogP contribution is 2.49. The highest BCUT2D eigenvalue weighted by atomic mass is 16.7. The molecule has 3 unspecified atom stereocenters. The third kappa shape index (κ3) is 5.21. The number of aliphatic hydroxyl groups is 1. The molecule has 2 aliphatic heterocycles. The second-order valence-corrected chi connectivity index (χ2v) is 9.54. The van der Waals surface area contributed by atoms with E-state index >= 15 is 0 Å². The second-order valence-electron chi connectivity index (χ2n) is 9.54. The lowest BCUT2D eigenvalue weighted by Crippen LogP contribution is -2.36. The smallest absolute Gasteiger partial charge is 0.231 e. The molecule has 6 nitrogen and oxygen atoms in total. The maximum Gasteiger partial charge on any atom is 0.231 e. The Kier molecular flexibility index (Phi) is 7.53. The molecule has 0 aliphatic carbocycles. The van der Waals surface area contributed by atoms with Crippen LogP contribution in [0.5, 0.6) is 17.2 Å². The number of fused-ring (bicyclic) bond motifs is 1. The van der Waals surface area contributed by atoms with Crippen LogP contribution >= 0.6 is 0 Å². The van der Waals surface area contributed by atoms with Crippen molar-refractivity contribution in [1.82, 2.24) is 4.90 Å². The van der Waals surface area contributed by atoms with E-state index in [0.717, 1.165) is 55.8 Å². The second kappa shape index (κ2) is 9.75. The normalized spacial score (nSPS) is 22.2. The van der Waals surface area contributed by atoms with E-state index in [9.17, 15) is 5.11 Å². The van der Waals surface area contributed by atoms with Crippen molar-refractivity contribution in [2.45, 2.75) is 77.0 Å². The van der Waals surface area contributed by atoms with Gasteiger partial charge in [0.15, 0.2) is 11.5 Å². The van der Waals surface area contributed by atoms with Gasteiger partial charge in [-0.15, -0.1) is 0 Å². The van der Waals surface area contributed by atoms with Gasteiger partial charge in [0, 0.05) is 18.2 Å². The third-order valence-electron chi connectivity index (χ3n) is 6.32. The first-order valence-corrected chi connectivity index (χ1v) is 11.2. The van der Waals surface area contributed by atoms with Gasteiger partial charge in [0.1, 0.15) is 0 Å². The number of hydrogen-bond acceptors (Lipinski definition) is 6. The molecular formula is C24H39NO5. The summed E-state index contributed by atoms with van der Waals surface area (Å²) in [7, 11) is 5.81. The Hall–Kier alpha value is -1.50. The van der Waals surface area contributed by atoms with E-state index in [1.807, 2.05) is 0 Å². The summed E-state index contributed by atoms with van der Waals surface area (Å²) in [6.07, 6.45) is 5.02. The Balaban J connectivity index is 1.85. The minimum absolute atomic E-state index is 0.0267. The maximum atomic E-state index is 11.1. The number of aryl methyl sites for hydroxylation is 1. The van der Waals surface area contributed by atoms with Crippen molar-refractivity contribution in [2.24, 2.45) is 5.92 Å². The number of benzene rings is 1.